The first-order valence-electron chi connectivity index (χ1n) is 8.39. The second-order valence-corrected chi connectivity index (χ2v) is 5.66. The van der Waals surface area contributed by atoms with E-state index < -0.39 is 18.5 Å². The van der Waals surface area contributed by atoms with Crippen molar-refractivity contribution < 1.29 is 23.9 Å². The molecule has 7 heteroatoms. The van der Waals surface area contributed by atoms with E-state index in [1.54, 1.807) is 37.4 Å². The number of benzene rings is 2. The third-order valence-electron chi connectivity index (χ3n) is 3.79. The molecule has 142 valence electrons. The van der Waals surface area contributed by atoms with Gasteiger partial charge in [-0.3, -0.25) is 9.59 Å². The van der Waals surface area contributed by atoms with Crippen molar-refractivity contribution in [1.82, 2.24) is 5.32 Å². The van der Waals surface area contributed by atoms with E-state index in [4.69, 9.17) is 9.47 Å². The maximum absolute atomic E-state index is 12.8. The number of para-hydroxylation sites is 1. The van der Waals surface area contributed by atoms with Gasteiger partial charge in [0.05, 0.1) is 17.7 Å². The van der Waals surface area contributed by atoms with Gasteiger partial charge in [0, 0.05) is 26.4 Å². The van der Waals surface area contributed by atoms with Crippen LogP contribution >= 0.6 is 0 Å². The maximum Gasteiger partial charge on any atom is 0.339 e. The first kappa shape index (κ1) is 20.1. The van der Waals surface area contributed by atoms with Gasteiger partial charge in [-0.25, -0.2) is 4.79 Å². The highest BCUT2D eigenvalue weighted by atomic mass is 16.5. The SMILES string of the molecule is COCCNC(=O)COC(=O)c1ccccc1C(=O)N(C)c1ccccc1. The van der Waals surface area contributed by atoms with Crippen LogP contribution in [0.4, 0.5) is 5.69 Å². The summed E-state index contributed by atoms with van der Waals surface area (Å²) in [5, 5.41) is 2.55. The lowest BCUT2D eigenvalue weighted by molar-refractivity contribution is -0.124. The van der Waals surface area contributed by atoms with Crippen LogP contribution in [0, 0.1) is 0 Å². The summed E-state index contributed by atoms with van der Waals surface area (Å²) in [6, 6.07) is 15.4. The van der Waals surface area contributed by atoms with Gasteiger partial charge in [-0.05, 0) is 24.3 Å². The monoisotopic (exact) mass is 370 g/mol. The van der Waals surface area contributed by atoms with Crippen molar-refractivity contribution >= 4 is 23.5 Å². The minimum absolute atomic E-state index is 0.106. The van der Waals surface area contributed by atoms with Crippen molar-refractivity contribution in [3.05, 3.63) is 65.7 Å². The fraction of sp³-hybridized carbons (Fsp3) is 0.250. The van der Waals surface area contributed by atoms with E-state index >= 15 is 0 Å². The molecule has 0 heterocycles. The lowest BCUT2D eigenvalue weighted by Gasteiger charge is -2.18. The van der Waals surface area contributed by atoms with Crippen molar-refractivity contribution in [2.45, 2.75) is 0 Å². The van der Waals surface area contributed by atoms with Crippen LogP contribution in [0.3, 0.4) is 0 Å². The van der Waals surface area contributed by atoms with Crippen LogP contribution in [0.25, 0.3) is 0 Å². The largest absolute Gasteiger partial charge is 0.452 e. The van der Waals surface area contributed by atoms with Gasteiger partial charge in [-0.2, -0.15) is 0 Å². The zero-order valence-electron chi connectivity index (χ0n) is 15.3. The number of anilines is 1. The fourth-order valence-electron chi connectivity index (χ4n) is 2.35. The number of carbonyl (C=O) groups excluding carboxylic acids is 3. The third-order valence-corrected chi connectivity index (χ3v) is 3.79. The van der Waals surface area contributed by atoms with Crippen molar-refractivity contribution in [2.24, 2.45) is 0 Å². The molecule has 0 aliphatic carbocycles. The molecule has 0 atom stereocenters. The Morgan fingerprint density at radius 3 is 2.26 bits per heavy atom. The molecular formula is C20H22N2O5. The number of methoxy groups -OCH3 is 1. The summed E-state index contributed by atoms with van der Waals surface area (Å²) in [5.41, 5.74) is 1.01. The van der Waals surface area contributed by atoms with Gasteiger partial charge in [0.15, 0.2) is 6.61 Å². The molecular weight excluding hydrogens is 348 g/mol. The Balaban J connectivity index is 2.07. The second kappa shape index (κ2) is 10.1. The van der Waals surface area contributed by atoms with Crippen LogP contribution < -0.4 is 10.2 Å². The van der Waals surface area contributed by atoms with E-state index in [1.165, 1.54) is 18.1 Å². The maximum atomic E-state index is 12.8. The second-order valence-electron chi connectivity index (χ2n) is 5.66. The van der Waals surface area contributed by atoms with Gasteiger partial charge in [-0.1, -0.05) is 30.3 Å². The summed E-state index contributed by atoms with van der Waals surface area (Å²) in [6.45, 7) is 0.256. The topological polar surface area (TPSA) is 84.9 Å². The predicted molar refractivity (Wildman–Crippen MR) is 101 cm³/mol. The molecule has 2 amide bonds. The molecule has 27 heavy (non-hydrogen) atoms. The van der Waals surface area contributed by atoms with Crippen LogP contribution in [-0.2, 0) is 14.3 Å². The molecule has 1 N–H and O–H groups in total. The quantitative estimate of drug-likeness (QED) is 0.567. The van der Waals surface area contributed by atoms with Crippen molar-refractivity contribution in [3.63, 3.8) is 0 Å². The van der Waals surface area contributed by atoms with E-state index in [9.17, 15) is 14.4 Å². The van der Waals surface area contributed by atoms with Crippen molar-refractivity contribution in [1.29, 1.82) is 0 Å². The average Bonchev–Trinajstić information content (AvgIpc) is 2.71. The van der Waals surface area contributed by atoms with Crippen LogP contribution in [0.15, 0.2) is 54.6 Å². The molecule has 0 aromatic heterocycles. The number of ether oxygens (including phenoxy) is 2. The number of nitrogens with one attached hydrogen (secondary N) is 1. The summed E-state index contributed by atoms with van der Waals surface area (Å²) in [6.07, 6.45) is 0. The first-order valence-corrected chi connectivity index (χ1v) is 8.39. The first-order chi connectivity index (χ1) is 13.0. The van der Waals surface area contributed by atoms with Gasteiger partial charge >= 0.3 is 5.97 Å². The Labute approximate surface area is 157 Å². The van der Waals surface area contributed by atoms with Crippen LogP contribution in [-0.4, -0.2) is 51.7 Å². The molecule has 0 radical (unpaired) electrons. The van der Waals surface area contributed by atoms with Gasteiger partial charge in [-0.15, -0.1) is 0 Å². The van der Waals surface area contributed by atoms with E-state index in [2.05, 4.69) is 5.32 Å². The molecule has 0 saturated heterocycles. The number of nitrogens with zero attached hydrogens (tertiary/aromatic N) is 1. The molecule has 0 fully saturated rings. The number of hydrogen-bond acceptors (Lipinski definition) is 5. The summed E-state index contributed by atoms with van der Waals surface area (Å²) < 4.78 is 9.86. The Bertz CT molecular complexity index is 792. The Morgan fingerprint density at radius 2 is 1.59 bits per heavy atom. The van der Waals surface area contributed by atoms with Crippen molar-refractivity contribution in [3.8, 4) is 0 Å². The van der Waals surface area contributed by atoms with Crippen LogP contribution in [0.2, 0.25) is 0 Å². The zero-order valence-corrected chi connectivity index (χ0v) is 15.3. The number of rotatable bonds is 8. The Kier molecular flexibility index (Phi) is 7.51. The van der Waals surface area contributed by atoms with E-state index in [-0.39, 0.29) is 17.0 Å². The normalized spacial score (nSPS) is 10.1. The van der Waals surface area contributed by atoms with E-state index in [1.807, 2.05) is 18.2 Å². The highest BCUT2D eigenvalue weighted by molar-refractivity contribution is 6.12. The summed E-state index contributed by atoms with van der Waals surface area (Å²) in [4.78, 5) is 38.3. The van der Waals surface area contributed by atoms with Gasteiger partial charge in [0.25, 0.3) is 11.8 Å². The standard InChI is InChI=1S/C20H22N2O5/c1-22(15-8-4-3-5-9-15)19(24)16-10-6-7-11-17(16)20(25)27-14-18(23)21-12-13-26-2/h3-11H,12-14H2,1-2H3,(H,21,23). The fourth-order valence-corrected chi connectivity index (χ4v) is 2.35. The summed E-state index contributed by atoms with van der Waals surface area (Å²) in [5.74, 6) is -1.52. The van der Waals surface area contributed by atoms with E-state index in [0.29, 0.717) is 18.8 Å². The number of hydrogen-bond donors (Lipinski definition) is 1. The number of esters is 1. The highest BCUT2D eigenvalue weighted by Gasteiger charge is 2.21. The highest BCUT2D eigenvalue weighted by Crippen LogP contribution is 2.18. The van der Waals surface area contributed by atoms with Crippen molar-refractivity contribution in [2.75, 3.05) is 38.8 Å². The summed E-state index contributed by atoms with van der Waals surface area (Å²) >= 11 is 0. The molecule has 0 aliphatic rings. The minimum atomic E-state index is -0.734. The summed E-state index contributed by atoms with van der Waals surface area (Å²) in [7, 11) is 3.15. The number of carbonyl (C=O) groups is 3. The lowest BCUT2D eigenvalue weighted by atomic mass is 10.1. The smallest absolute Gasteiger partial charge is 0.339 e. The molecule has 0 aliphatic heterocycles. The Morgan fingerprint density at radius 1 is 0.963 bits per heavy atom. The molecule has 0 bridgehead atoms. The molecule has 7 nitrogen and oxygen atoms in total. The predicted octanol–water partition coefficient (Wildman–Crippen LogP) is 1.88. The van der Waals surface area contributed by atoms with Crippen LogP contribution in [0.1, 0.15) is 20.7 Å². The Hall–Kier alpha value is -3.19. The molecule has 2 aromatic carbocycles. The molecule has 2 aromatic rings. The molecule has 0 unspecified atom stereocenters. The van der Waals surface area contributed by atoms with Gasteiger partial charge in [0.1, 0.15) is 0 Å². The zero-order chi connectivity index (χ0) is 19.6. The lowest BCUT2D eigenvalue weighted by Crippen LogP contribution is -2.32. The van der Waals surface area contributed by atoms with Crippen LogP contribution in [0.5, 0.6) is 0 Å². The van der Waals surface area contributed by atoms with Gasteiger partial charge < -0.3 is 19.7 Å². The minimum Gasteiger partial charge on any atom is -0.452 e. The molecule has 0 saturated carbocycles. The average molecular weight is 370 g/mol. The molecule has 0 spiro atoms. The molecule has 2 rings (SSSR count). The third kappa shape index (κ3) is 5.65. The number of amides is 2. The van der Waals surface area contributed by atoms with E-state index in [0.717, 1.165) is 0 Å². The van der Waals surface area contributed by atoms with Gasteiger partial charge in [0.2, 0.25) is 0 Å².